The number of unbranched alkanes of at least 4 members (excludes halogenated alkanes) is 10. The van der Waals surface area contributed by atoms with E-state index in [0.717, 1.165) is 64.2 Å². The zero-order valence-corrected chi connectivity index (χ0v) is 37.2. The summed E-state index contributed by atoms with van der Waals surface area (Å²) >= 11 is 0. The van der Waals surface area contributed by atoms with Crippen molar-refractivity contribution in [2.45, 2.75) is 192 Å². The second-order valence-electron chi connectivity index (χ2n) is 15.4. The van der Waals surface area contributed by atoms with Crippen molar-refractivity contribution < 1.29 is 39.8 Å². The molecule has 0 spiro atoms. The number of hydrogen-bond acceptors (Lipinski definition) is 8. The molecule has 1 rings (SSSR count). The van der Waals surface area contributed by atoms with Gasteiger partial charge in [-0.1, -0.05) is 168 Å². The molecule has 1 saturated heterocycles. The van der Waals surface area contributed by atoms with E-state index in [1.165, 1.54) is 51.4 Å². The molecule has 7 unspecified atom stereocenters. The van der Waals surface area contributed by atoms with Crippen LogP contribution in [0.15, 0.2) is 109 Å². The molecule has 1 fully saturated rings. The Hall–Kier alpha value is -3.15. The van der Waals surface area contributed by atoms with Gasteiger partial charge >= 0.3 is 0 Å². The zero-order chi connectivity index (χ0) is 43.7. The van der Waals surface area contributed by atoms with Gasteiger partial charge in [0, 0.05) is 6.42 Å². The first-order chi connectivity index (χ1) is 29.3. The van der Waals surface area contributed by atoms with Crippen molar-refractivity contribution >= 4 is 5.91 Å². The molecular weight excluding hydrogens is 755 g/mol. The van der Waals surface area contributed by atoms with Gasteiger partial charge in [-0.2, -0.15) is 0 Å². The van der Waals surface area contributed by atoms with E-state index in [4.69, 9.17) is 9.47 Å². The minimum absolute atomic E-state index is 0.203. The summed E-state index contributed by atoms with van der Waals surface area (Å²) in [6.45, 7) is 3.56. The first-order valence-electron chi connectivity index (χ1n) is 23.1. The topological polar surface area (TPSA) is 149 Å². The molecule has 0 aromatic rings. The summed E-state index contributed by atoms with van der Waals surface area (Å²) in [5.74, 6) is -0.279. The van der Waals surface area contributed by atoms with Crippen molar-refractivity contribution in [2.24, 2.45) is 0 Å². The fraction of sp³-hybridized carbons (Fsp3) is 0.627. The molecule has 1 aliphatic rings. The van der Waals surface area contributed by atoms with Gasteiger partial charge in [0.1, 0.15) is 24.4 Å². The Balaban J connectivity index is 2.48. The van der Waals surface area contributed by atoms with Crippen LogP contribution in [0.25, 0.3) is 0 Å². The lowest BCUT2D eigenvalue weighted by Crippen LogP contribution is -2.60. The predicted molar refractivity (Wildman–Crippen MR) is 248 cm³/mol. The third kappa shape index (κ3) is 30.0. The molecule has 0 aromatic heterocycles. The standard InChI is InChI=1S/C51H83NO8/c1-3-5-7-9-11-13-15-17-19-21-23-25-27-29-31-33-35-37-39-41-47(55)52-44(43-59-51-50(58)49(57)48(56)46(42-53)60-51)45(54)40-38-36-34-32-30-28-26-24-22-20-18-16-14-12-10-8-6-4-2/h5,7,11,13,17,19,22-25,29-32,35,37-38,40,44-46,48-51,53-54,56-58H,3-4,6,8-10,12,14-16,18,20-21,26-28,33-34,36,39,41-43H2,1-2H3,(H,52,55)/b7-5-,13-11-,19-17-,24-22+,25-23-,31-29-,32-30+,37-35-,40-38+. The molecule has 340 valence electrons. The number of rotatable bonds is 36. The maximum Gasteiger partial charge on any atom is 0.220 e. The van der Waals surface area contributed by atoms with Crippen molar-refractivity contribution in [1.29, 1.82) is 0 Å². The summed E-state index contributed by atoms with van der Waals surface area (Å²) in [6.07, 6.45) is 51.4. The van der Waals surface area contributed by atoms with Crippen LogP contribution in [-0.2, 0) is 14.3 Å². The Morgan fingerprint density at radius 3 is 1.58 bits per heavy atom. The van der Waals surface area contributed by atoms with Crippen LogP contribution in [0.4, 0.5) is 0 Å². The Morgan fingerprint density at radius 2 is 1.05 bits per heavy atom. The van der Waals surface area contributed by atoms with Crippen LogP contribution in [0.5, 0.6) is 0 Å². The van der Waals surface area contributed by atoms with Crippen LogP contribution < -0.4 is 5.32 Å². The van der Waals surface area contributed by atoms with Crippen LogP contribution in [0, 0.1) is 0 Å². The maximum atomic E-state index is 12.9. The molecule has 0 bridgehead atoms. The van der Waals surface area contributed by atoms with Gasteiger partial charge in [0.25, 0.3) is 0 Å². The summed E-state index contributed by atoms with van der Waals surface area (Å²) in [7, 11) is 0. The first-order valence-corrected chi connectivity index (χ1v) is 23.1. The molecule has 1 amide bonds. The van der Waals surface area contributed by atoms with Crippen molar-refractivity contribution in [3.63, 3.8) is 0 Å². The fourth-order valence-electron chi connectivity index (χ4n) is 6.38. The maximum absolute atomic E-state index is 12.9. The third-order valence-electron chi connectivity index (χ3n) is 10.1. The first kappa shape index (κ1) is 54.9. The van der Waals surface area contributed by atoms with E-state index < -0.39 is 49.5 Å². The second-order valence-corrected chi connectivity index (χ2v) is 15.4. The molecule has 0 radical (unpaired) electrons. The molecule has 0 aromatic carbocycles. The van der Waals surface area contributed by atoms with Gasteiger partial charge in [0.2, 0.25) is 5.91 Å². The molecule has 0 aliphatic carbocycles. The highest BCUT2D eigenvalue weighted by Crippen LogP contribution is 2.22. The molecule has 0 saturated carbocycles. The van der Waals surface area contributed by atoms with E-state index in [2.05, 4.69) is 104 Å². The average molecular weight is 838 g/mol. The van der Waals surface area contributed by atoms with Crippen LogP contribution in [0.2, 0.25) is 0 Å². The largest absolute Gasteiger partial charge is 0.394 e. The number of allylic oxidation sites excluding steroid dienone is 17. The number of carbonyl (C=O) groups excluding carboxylic acids is 1. The lowest BCUT2D eigenvalue weighted by Gasteiger charge is -2.40. The normalized spacial score (nSPS) is 21.6. The van der Waals surface area contributed by atoms with Crippen molar-refractivity contribution in [3.8, 4) is 0 Å². The van der Waals surface area contributed by atoms with E-state index in [1.54, 1.807) is 6.08 Å². The SMILES string of the molecule is CC/C=C\C/C=C\C/C=C\C/C=C\C/C=C\C/C=C\CCC(=O)NC(COC1OC(CO)C(O)C(O)C1O)C(O)/C=C/CC/C=C/CC/C=C/CCCCCCCCCC. The molecule has 9 nitrogen and oxygen atoms in total. The molecule has 1 aliphatic heterocycles. The number of aliphatic hydroxyl groups is 5. The molecular formula is C51H83NO8. The predicted octanol–water partition coefficient (Wildman–Crippen LogP) is 9.89. The number of nitrogens with one attached hydrogen (secondary N) is 1. The quantitative estimate of drug-likeness (QED) is 0.0270. The van der Waals surface area contributed by atoms with Gasteiger partial charge in [-0.3, -0.25) is 4.79 Å². The van der Waals surface area contributed by atoms with Gasteiger partial charge in [-0.25, -0.2) is 0 Å². The summed E-state index contributed by atoms with van der Waals surface area (Å²) in [5, 5.41) is 54.1. The van der Waals surface area contributed by atoms with Gasteiger partial charge in [-0.15, -0.1) is 0 Å². The van der Waals surface area contributed by atoms with Crippen molar-refractivity contribution in [3.05, 3.63) is 109 Å². The van der Waals surface area contributed by atoms with E-state index in [9.17, 15) is 30.3 Å². The van der Waals surface area contributed by atoms with Crippen LogP contribution in [0.3, 0.4) is 0 Å². The van der Waals surface area contributed by atoms with Gasteiger partial charge < -0.3 is 40.3 Å². The Kier molecular flexibility index (Phi) is 36.5. The van der Waals surface area contributed by atoms with Crippen LogP contribution in [-0.4, -0.2) is 87.5 Å². The van der Waals surface area contributed by atoms with Crippen molar-refractivity contribution in [2.75, 3.05) is 13.2 Å². The summed E-state index contributed by atoms with van der Waals surface area (Å²) in [6, 6.07) is -0.875. The second kappa shape index (κ2) is 40.0. The zero-order valence-electron chi connectivity index (χ0n) is 37.2. The van der Waals surface area contributed by atoms with E-state index >= 15 is 0 Å². The number of amides is 1. The Morgan fingerprint density at radius 1 is 0.583 bits per heavy atom. The van der Waals surface area contributed by atoms with Crippen LogP contribution in [0.1, 0.15) is 149 Å². The van der Waals surface area contributed by atoms with E-state index in [0.29, 0.717) is 12.8 Å². The highest BCUT2D eigenvalue weighted by atomic mass is 16.7. The monoisotopic (exact) mass is 838 g/mol. The number of hydrogen-bond donors (Lipinski definition) is 6. The minimum Gasteiger partial charge on any atom is -0.394 e. The molecule has 7 atom stereocenters. The summed E-state index contributed by atoms with van der Waals surface area (Å²) in [5.41, 5.74) is 0. The summed E-state index contributed by atoms with van der Waals surface area (Å²) in [4.78, 5) is 12.9. The molecule has 6 N–H and O–H groups in total. The van der Waals surface area contributed by atoms with E-state index in [-0.39, 0.29) is 18.9 Å². The Labute approximate surface area is 364 Å². The molecule has 1 heterocycles. The number of carbonyl (C=O) groups is 1. The highest BCUT2D eigenvalue weighted by molar-refractivity contribution is 5.76. The lowest BCUT2D eigenvalue weighted by atomic mass is 9.99. The average Bonchev–Trinajstić information content (AvgIpc) is 3.25. The van der Waals surface area contributed by atoms with Gasteiger partial charge in [-0.05, 0) is 83.5 Å². The smallest absolute Gasteiger partial charge is 0.220 e. The highest BCUT2D eigenvalue weighted by Gasteiger charge is 2.44. The van der Waals surface area contributed by atoms with Crippen LogP contribution >= 0.6 is 0 Å². The lowest BCUT2D eigenvalue weighted by molar-refractivity contribution is -0.302. The van der Waals surface area contributed by atoms with Crippen molar-refractivity contribution in [1.82, 2.24) is 5.32 Å². The fourth-order valence-corrected chi connectivity index (χ4v) is 6.38. The number of ether oxygens (including phenoxy) is 2. The van der Waals surface area contributed by atoms with Gasteiger partial charge in [0.05, 0.1) is 25.4 Å². The third-order valence-corrected chi connectivity index (χ3v) is 10.1. The number of aliphatic hydroxyl groups excluding tert-OH is 5. The summed E-state index contributed by atoms with van der Waals surface area (Å²) < 4.78 is 11.2. The van der Waals surface area contributed by atoms with Gasteiger partial charge in [0.15, 0.2) is 6.29 Å². The Bertz CT molecular complexity index is 1300. The molecule has 60 heavy (non-hydrogen) atoms. The minimum atomic E-state index is -1.59. The molecule has 9 heteroatoms. The van der Waals surface area contributed by atoms with E-state index in [1.807, 2.05) is 18.2 Å².